The van der Waals surface area contributed by atoms with Crippen molar-refractivity contribution in [2.24, 2.45) is 0 Å². The lowest BCUT2D eigenvalue weighted by Crippen LogP contribution is -2.53. The zero-order chi connectivity index (χ0) is 31.9. The average Bonchev–Trinajstić information content (AvgIpc) is 2.96. The largest absolute Gasteiger partial charge is 0.493 e. The molecule has 0 fully saturated rings. The van der Waals surface area contributed by atoms with Crippen molar-refractivity contribution in [2.75, 3.05) is 25.1 Å². The van der Waals surface area contributed by atoms with Gasteiger partial charge in [-0.15, -0.1) is 0 Å². The lowest BCUT2D eigenvalue weighted by atomic mass is 10.1. The topological polar surface area (TPSA) is 105 Å². The fraction of sp³-hybridized carbons (Fsp3) is 0.333. The second-order valence-electron chi connectivity index (χ2n) is 9.85. The van der Waals surface area contributed by atoms with E-state index in [0.29, 0.717) is 26.4 Å². The van der Waals surface area contributed by atoms with Crippen molar-refractivity contribution >= 4 is 62.3 Å². The fourth-order valence-corrected chi connectivity index (χ4v) is 6.40. The molecule has 0 aliphatic carbocycles. The van der Waals surface area contributed by atoms with E-state index in [2.05, 4.69) is 5.32 Å². The highest BCUT2D eigenvalue weighted by atomic mass is 35.5. The number of anilines is 1. The van der Waals surface area contributed by atoms with Gasteiger partial charge in [0, 0.05) is 33.7 Å². The third kappa shape index (κ3) is 8.47. The molecule has 0 aliphatic heterocycles. The number of rotatable bonds is 13. The summed E-state index contributed by atoms with van der Waals surface area (Å²) in [6.45, 7) is 4.69. The second kappa shape index (κ2) is 15.0. The molecule has 13 heteroatoms. The summed E-state index contributed by atoms with van der Waals surface area (Å²) < 4.78 is 39.8. The first-order chi connectivity index (χ1) is 20.3. The maximum absolute atomic E-state index is 14.2. The van der Waals surface area contributed by atoms with Crippen LogP contribution in [0.25, 0.3) is 0 Å². The van der Waals surface area contributed by atoms with Crippen LogP contribution in [-0.2, 0) is 26.2 Å². The molecule has 0 unspecified atom stereocenters. The molecule has 0 bridgehead atoms. The van der Waals surface area contributed by atoms with E-state index >= 15 is 0 Å². The van der Waals surface area contributed by atoms with Crippen LogP contribution in [0.2, 0.25) is 15.1 Å². The molecule has 0 aliphatic rings. The highest BCUT2D eigenvalue weighted by Crippen LogP contribution is 2.33. The number of halogens is 3. The maximum Gasteiger partial charge on any atom is 0.264 e. The lowest BCUT2D eigenvalue weighted by Gasteiger charge is -2.33. The van der Waals surface area contributed by atoms with Gasteiger partial charge in [0.1, 0.15) is 12.6 Å². The highest BCUT2D eigenvalue weighted by Gasteiger charge is 2.34. The monoisotopic (exact) mass is 669 g/mol. The molecule has 3 aromatic carbocycles. The number of nitrogens with one attached hydrogen (secondary N) is 1. The Kier molecular flexibility index (Phi) is 12.0. The second-order valence-corrected chi connectivity index (χ2v) is 13.0. The lowest BCUT2D eigenvalue weighted by molar-refractivity contribution is -0.140. The van der Waals surface area contributed by atoms with Crippen LogP contribution in [0.1, 0.15) is 32.8 Å². The number of hydrogen-bond acceptors (Lipinski definition) is 6. The number of benzene rings is 3. The number of ether oxygens (including phenoxy) is 2. The predicted octanol–water partition coefficient (Wildman–Crippen LogP) is 6.19. The number of carbonyl (C=O) groups excluding carboxylic acids is 2. The van der Waals surface area contributed by atoms with E-state index in [9.17, 15) is 18.0 Å². The minimum atomic E-state index is -4.35. The Hall–Kier alpha value is -3.18. The van der Waals surface area contributed by atoms with Gasteiger partial charge in [-0.2, -0.15) is 0 Å². The van der Waals surface area contributed by atoms with Gasteiger partial charge in [0.2, 0.25) is 11.8 Å². The van der Waals surface area contributed by atoms with Crippen LogP contribution in [0, 0.1) is 0 Å². The Labute approximate surface area is 267 Å². The van der Waals surface area contributed by atoms with Crippen LogP contribution in [0.5, 0.6) is 11.5 Å². The van der Waals surface area contributed by atoms with Crippen LogP contribution in [-0.4, -0.2) is 58.0 Å². The Morgan fingerprint density at radius 3 is 2.07 bits per heavy atom. The van der Waals surface area contributed by atoms with Crippen molar-refractivity contribution in [2.45, 2.75) is 50.7 Å². The summed E-state index contributed by atoms with van der Waals surface area (Å²) in [6, 6.07) is 13.9. The summed E-state index contributed by atoms with van der Waals surface area (Å²) in [6.07, 6.45) is 0.263. The van der Waals surface area contributed by atoms with E-state index in [1.807, 2.05) is 13.8 Å². The Balaban J connectivity index is 2.12. The average molecular weight is 671 g/mol. The number of carbonyl (C=O) groups is 2. The maximum atomic E-state index is 14.2. The van der Waals surface area contributed by atoms with Crippen molar-refractivity contribution in [1.29, 1.82) is 0 Å². The molecule has 1 N–H and O–H groups in total. The first kappa shape index (κ1) is 34.3. The third-order valence-corrected chi connectivity index (χ3v) is 9.12. The van der Waals surface area contributed by atoms with Crippen molar-refractivity contribution < 1.29 is 27.5 Å². The molecule has 0 saturated carbocycles. The van der Waals surface area contributed by atoms with E-state index < -0.39 is 28.5 Å². The Bertz CT molecular complexity index is 1550. The molecule has 0 radical (unpaired) electrons. The molecule has 232 valence electrons. The standard InChI is InChI=1S/C30H34Cl3N3O6S/c1-6-26(30(38)34-19(2)3)35(17-20-7-8-22(32)15-25(20)33)29(37)18-36(23-11-9-21(31)10-12-23)43(39,40)24-13-14-27(41-4)28(16-24)42-5/h7-16,19,26H,6,17-18H2,1-5H3,(H,34,38)/t26-/m1/s1. The molecular weight excluding hydrogens is 637 g/mol. The molecule has 2 amide bonds. The van der Waals surface area contributed by atoms with E-state index in [-0.39, 0.29) is 41.2 Å². The first-order valence-electron chi connectivity index (χ1n) is 13.4. The molecule has 1 atom stereocenters. The van der Waals surface area contributed by atoms with Gasteiger partial charge in [0.15, 0.2) is 11.5 Å². The van der Waals surface area contributed by atoms with Gasteiger partial charge in [0.25, 0.3) is 10.0 Å². The van der Waals surface area contributed by atoms with E-state index in [0.717, 1.165) is 4.31 Å². The van der Waals surface area contributed by atoms with E-state index in [1.165, 1.54) is 67.7 Å². The third-order valence-electron chi connectivity index (χ3n) is 6.51. The summed E-state index contributed by atoms with van der Waals surface area (Å²) >= 11 is 18.6. The van der Waals surface area contributed by atoms with Crippen molar-refractivity contribution in [3.05, 3.63) is 81.3 Å². The smallest absolute Gasteiger partial charge is 0.264 e. The molecule has 3 rings (SSSR count). The van der Waals surface area contributed by atoms with Gasteiger partial charge in [0.05, 0.1) is 24.8 Å². The zero-order valence-electron chi connectivity index (χ0n) is 24.4. The number of sulfonamides is 1. The molecular formula is C30H34Cl3N3O6S. The summed E-state index contributed by atoms with van der Waals surface area (Å²) in [4.78, 5) is 28.6. The molecule has 9 nitrogen and oxygen atoms in total. The Morgan fingerprint density at radius 1 is 0.884 bits per heavy atom. The molecule has 0 spiro atoms. The van der Waals surface area contributed by atoms with Gasteiger partial charge in [-0.3, -0.25) is 13.9 Å². The highest BCUT2D eigenvalue weighted by molar-refractivity contribution is 7.92. The number of nitrogens with zero attached hydrogens (tertiary/aromatic N) is 2. The van der Waals surface area contributed by atoms with Gasteiger partial charge >= 0.3 is 0 Å². The van der Waals surface area contributed by atoms with E-state index in [1.54, 1.807) is 19.1 Å². The first-order valence-corrected chi connectivity index (χ1v) is 15.9. The van der Waals surface area contributed by atoms with Gasteiger partial charge in [-0.25, -0.2) is 8.42 Å². The summed E-state index contributed by atoms with van der Waals surface area (Å²) in [5.74, 6) is -0.475. The van der Waals surface area contributed by atoms with Crippen LogP contribution in [0.4, 0.5) is 5.69 Å². The number of methoxy groups -OCH3 is 2. The van der Waals surface area contributed by atoms with Crippen molar-refractivity contribution in [3.63, 3.8) is 0 Å². The summed E-state index contributed by atoms with van der Waals surface area (Å²) in [5, 5.41) is 3.94. The van der Waals surface area contributed by atoms with E-state index in [4.69, 9.17) is 44.3 Å². The van der Waals surface area contributed by atoms with Crippen LogP contribution >= 0.6 is 34.8 Å². The Morgan fingerprint density at radius 2 is 1.51 bits per heavy atom. The minimum absolute atomic E-state index is 0.0658. The zero-order valence-corrected chi connectivity index (χ0v) is 27.5. The van der Waals surface area contributed by atoms with Crippen molar-refractivity contribution in [3.8, 4) is 11.5 Å². The molecule has 0 aromatic heterocycles. The van der Waals surface area contributed by atoms with Crippen LogP contribution in [0.15, 0.2) is 65.6 Å². The molecule has 43 heavy (non-hydrogen) atoms. The van der Waals surface area contributed by atoms with Gasteiger partial charge < -0.3 is 19.7 Å². The fourth-order valence-electron chi connectivity index (χ4n) is 4.37. The quantitative estimate of drug-likeness (QED) is 0.233. The SMILES string of the molecule is CC[C@H](C(=O)NC(C)C)N(Cc1ccc(Cl)cc1Cl)C(=O)CN(c1ccc(Cl)cc1)S(=O)(=O)c1ccc(OC)c(OC)c1. The van der Waals surface area contributed by atoms with Crippen LogP contribution in [0.3, 0.4) is 0 Å². The van der Waals surface area contributed by atoms with Gasteiger partial charge in [-0.05, 0) is 74.4 Å². The normalized spacial score (nSPS) is 12.0. The van der Waals surface area contributed by atoms with Gasteiger partial charge in [-0.1, -0.05) is 47.8 Å². The minimum Gasteiger partial charge on any atom is -0.493 e. The number of amides is 2. The molecule has 0 heterocycles. The number of hydrogen-bond donors (Lipinski definition) is 1. The summed E-state index contributed by atoms with van der Waals surface area (Å²) in [7, 11) is -1.52. The molecule has 3 aromatic rings. The summed E-state index contributed by atoms with van der Waals surface area (Å²) in [5.41, 5.74) is 0.729. The predicted molar refractivity (Wildman–Crippen MR) is 170 cm³/mol. The van der Waals surface area contributed by atoms with Crippen LogP contribution < -0.4 is 19.1 Å². The molecule has 0 saturated heterocycles. The van der Waals surface area contributed by atoms with Crippen molar-refractivity contribution in [1.82, 2.24) is 10.2 Å².